The molecular weight excluding hydrogens is 304 g/mol. The molecule has 0 radical (unpaired) electrons. The van der Waals surface area contributed by atoms with E-state index >= 15 is 0 Å². The first-order valence-corrected chi connectivity index (χ1v) is 7.76. The third-order valence-electron chi connectivity index (χ3n) is 2.18. The van der Waals surface area contributed by atoms with Gasteiger partial charge in [0.05, 0.1) is 0 Å². The van der Waals surface area contributed by atoms with E-state index in [1.807, 2.05) is 13.8 Å². The van der Waals surface area contributed by atoms with Gasteiger partial charge in [-0.3, -0.25) is 15.1 Å². The summed E-state index contributed by atoms with van der Waals surface area (Å²) in [7, 11) is 1.53. The SMILES string of the molecule is CNC(=O)C(=NC(C)C)c1csc(NC(=O)OC(C)(C)C)n1. The molecule has 0 atom stereocenters. The van der Waals surface area contributed by atoms with Crippen LogP contribution in [0.3, 0.4) is 0 Å². The summed E-state index contributed by atoms with van der Waals surface area (Å²) in [6, 6.07) is -0.0451. The number of anilines is 1. The van der Waals surface area contributed by atoms with Gasteiger partial charge in [0.2, 0.25) is 0 Å². The molecule has 7 nitrogen and oxygen atoms in total. The van der Waals surface area contributed by atoms with Gasteiger partial charge >= 0.3 is 6.09 Å². The lowest BCUT2D eigenvalue weighted by atomic mass is 10.2. The highest BCUT2D eigenvalue weighted by Crippen LogP contribution is 2.18. The average molecular weight is 326 g/mol. The monoisotopic (exact) mass is 326 g/mol. The largest absolute Gasteiger partial charge is 0.444 e. The molecule has 8 heteroatoms. The fraction of sp³-hybridized carbons (Fsp3) is 0.571. The number of amides is 2. The van der Waals surface area contributed by atoms with E-state index in [2.05, 4.69) is 20.6 Å². The van der Waals surface area contributed by atoms with Crippen molar-refractivity contribution >= 4 is 34.2 Å². The molecule has 0 aromatic carbocycles. The highest BCUT2D eigenvalue weighted by Gasteiger charge is 2.20. The van der Waals surface area contributed by atoms with Crippen LogP contribution in [-0.4, -0.2) is 41.4 Å². The van der Waals surface area contributed by atoms with Gasteiger partial charge in [-0.15, -0.1) is 11.3 Å². The number of hydrogen-bond donors (Lipinski definition) is 2. The molecule has 0 saturated heterocycles. The second kappa shape index (κ2) is 7.35. The predicted molar refractivity (Wildman–Crippen MR) is 87.7 cm³/mol. The van der Waals surface area contributed by atoms with Gasteiger partial charge in [0.25, 0.3) is 5.91 Å². The van der Waals surface area contributed by atoms with Crippen molar-refractivity contribution in [2.45, 2.75) is 46.3 Å². The molecule has 22 heavy (non-hydrogen) atoms. The Labute approximate surface area is 134 Å². The highest BCUT2D eigenvalue weighted by atomic mass is 32.1. The number of aliphatic imine (C=N–C) groups is 1. The van der Waals surface area contributed by atoms with E-state index < -0.39 is 11.7 Å². The second-order valence-electron chi connectivity index (χ2n) is 5.82. The van der Waals surface area contributed by atoms with E-state index in [0.29, 0.717) is 10.8 Å². The van der Waals surface area contributed by atoms with Gasteiger partial charge in [-0.2, -0.15) is 0 Å². The fourth-order valence-corrected chi connectivity index (χ4v) is 2.13. The van der Waals surface area contributed by atoms with Crippen LogP contribution in [0, 0.1) is 0 Å². The van der Waals surface area contributed by atoms with Crippen LogP contribution in [0.15, 0.2) is 10.4 Å². The van der Waals surface area contributed by atoms with Crippen molar-refractivity contribution in [1.82, 2.24) is 10.3 Å². The summed E-state index contributed by atoms with van der Waals surface area (Å²) in [6.07, 6.45) is -0.587. The van der Waals surface area contributed by atoms with E-state index in [4.69, 9.17) is 4.74 Å². The number of aromatic nitrogens is 1. The maximum Gasteiger partial charge on any atom is 0.413 e. The molecule has 1 aromatic heterocycles. The zero-order valence-electron chi connectivity index (χ0n) is 13.7. The lowest BCUT2D eigenvalue weighted by molar-refractivity contribution is -0.114. The number of carbonyl (C=O) groups excluding carboxylic acids is 2. The summed E-state index contributed by atoms with van der Waals surface area (Å²) in [5.74, 6) is -0.317. The smallest absolute Gasteiger partial charge is 0.413 e. The van der Waals surface area contributed by atoms with Crippen molar-refractivity contribution in [2.24, 2.45) is 4.99 Å². The van der Waals surface area contributed by atoms with Crippen LogP contribution in [0.25, 0.3) is 0 Å². The Morgan fingerprint density at radius 1 is 1.36 bits per heavy atom. The van der Waals surface area contributed by atoms with Crippen molar-refractivity contribution < 1.29 is 14.3 Å². The molecule has 0 aliphatic carbocycles. The number of hydrogen-bond acceptors (Lipinski definition) is 6. The highest BCUT2D eigenvalue weighted by molar-refractivity contribution is 7.14. The molecule has 0 aliphatic rings. The molecule has 0 fully saturated rings. The van der Waals surface area contributed by atoms with Crippen molar-refractivity contribution in [3.63, 3.8) is 0 Å². The van der Waals surface area contributed by atoms with Crippen LogP contribution in [-0.2, 0) is 9.53 Å². The molecule has 1 aromatic rings. The summed E-state index contributed by atoms with van der Waals surface area (Å²) >= 11 is 1.20. The van der Waals surface area contributed by atoms with Crippen LogP contribution >= 0.6 is 11.3 Å². The molecule has 1 rings (SSSR count). The quantitative estimate of drug-likeness (QED) is 0.831. The maximum atomic E-state index is 11.9. The Bertz CT molecular complexity index is 573. The van der Waals surface area contributed by atoms with Gasteiger partial charge in [-0.05, 0) is 34.6 Å². The van der Waals surface area contributed by atoms with E-state index in [9.17, 15) is 9.59 Å². The lowest BCUT2D eigenvalue weighted by Crippen LogP contribution is -2.29. The Hall–Kier alpha value is -1.96. The molecule has 0 aliphatic heterocycles. The Morgan fingerprint density at radius 2 is 2.00 bits per heavy atom. The average Bonchev–Trinajstić information content (AvgIpc) is 2.80. The molecule has 2 amide bonds. The van der Waals surface area contributed by atoms with Crippen molar-refractivity contribution in [3.8, 4) is 0 Å². The Balaban J connectivity index is 2.90. The molecule has 2 N–H and O–H groups in total. The summed E-state index contributed by atoms with van der Waals surface area (Å²) in [5, 5.41) is 7.10. The topological polar surface area (TPSA) is 92.7 Å². The molecule has 122 valence electrons. The number of nitrogens with zero attached hydrogens (tertiary/aromatic N) is 2. The minimum atomic E-state index is -0.587. The van der Waals surface area contributed by atoms with E-state index in [-0.39, 0.29) is 17.7 Å². The second-order valence-corrected chi connectivity index (χ2v) is 6.67. The van der Waals surface area contributed by atoms with E-state index in [1.165, 1.54) is 18.4 Å². The number of thiazole rings is 1. The molecule has 1 heterocycles. The first kappa shape index (κ1) is 18.1. The van der Waals surface area contributed by atoms with Gasteiger partial charge in [0, 0.05) is 18.5 Å². The third-order valence-corrected chi connectivity index (χ3v) is 2.94. The van der Waals surface area contributed by atoms with Gasteiger partial charge in [-0.1, -0.05) is 0 Å². The minimum Gasteiger partial charge on any atom is -0.444 e. The number of rotatable bonds is 4. The van der Waals surface area contributed by atoms with Crippen LogP contribution in [0.4, 0.5) is 9.93 Å². The predicted octanol–water partition coefficient (Wildman–Crippen LogP) is 2.43. The normalized spacial score (nSPS) is 12.2. The fourth-order valence-electron chi connectivity index (χ4n) is 1.45. The lowest BCUT2D eigenvalue weighted by Gasteiger charge is -2.18. The van der Waals surface area contributed by atoms with Crippen LogP contribution < -0.4 is 10.6 Å². The first-order valence-electron chi connectivity index (χ1n) is 6.88. The Morgan fingerprint density at radius 3 is 2.50 bits per heavy atom. The van der Waals surface area contributed by atoms with Crippen molar-refractivity contribution in [1.29, 1.82) is 0 Å². The van der Waals surface area contributed by atoms with E-state index in [0.717, 1.165) is 0 Å². The number of nitrogens with one attached hydrogen (secondary N) is 2. The third kappa shape index (κ3) is 5.80. The Kier molecular flexibility index (Phi) is 6.04. The van der Waals surface area contributed by atoms with Gasteiger partial charge in [-0.25, -0.2) is 9.78 Å². The molecular formula is C14H22N4O3S. The van der Waals surface area contributed by atoms with Crippen molar-refractivity contribution in [2.75, 3.05) is 12.4 Å². The summed E-state index contributed by atoms with van der Waals surface area (Å²) in [5.41, 5.74) is 0.0754. The minimum absolute atomic E-state index is 0.0451. The molecule has 0 saturated carbocycles. The van der Waals surface area contributed by atoms with Gasteiger partial charge < -0.3 is 10.1 Å². The molecule has 0 unspecified atom stereocenters. The standard InChI is InChI=1S/C14H22N4O3S/c1-8(2)16-10(11(19)15-6)9-7-22-12(17-9)18-13(20)21-14(3,4)5/h7-8H,1-6H3,(H,15,19)(H,17,18,20). The first-order chi connectivity index (χ1) is 10.1. The number of carbonyl (C=O) groups is 2. The van der Waals surface area contributed by atoms with Gasteiger partial charge in [0.1, 0.15) is 17.0 Å². The van der Waals surface area contributed by atoms with Crippen molar-refractivity contribution in [3.05, 3.63) is 11.1 Å². The van der Waals surface area contributed by atoms with Crippen LogP contribution in [0.1, 0.15) is 40.3 Å². The summed E-state index contributed by atoms with van der Waals surface area (Å²) in [4.78, 5) is 32.1. The van der Waals surface area contributed by atoms with Crippen LogP contribution in [0.5, 0.6) is 0 Å². The molecule has 0 spiro atoms. The number of likely N-dealkylation sites (N-methyl/N-ethyl adjacent to an activating group) is 1. The summed E-state index contributed by atoms with van der Waals surface area (Å²) < 4.78 is 5.15. The van der Waals surface area contributed by atoms with E-state index in [1.54, 1.807) is 26.2 Å². The summed E-state index contributed by atoms with van der Waals surface area (Å²) in [6.45, 7) is 9.07. The number of ether oxygens (including phenoxy) is 1. The van der Waals surface area contributed by atoms with Crippen LogP contribution in [0.2, 0.25) is 0 Å². The maximum absolute atomic E-state index is 11.9. The van der Waals surface area contributed by atoms with Gasteiger partial charge in [0.15, 0.2) is 5.13 Å². The molecule has 0 bridgehead atoms. The zero-order chi connectivity index (χ0) is 16.9. The zero-order valence-corrected chi connectivity index (χ0v) is 14.5.